The maximum atomic E-state index is 13.8. The summed E-state index contributed by atoms with van der Waals surface area (Å²) in [6.45, 7) is 1.99. The molecule has 0 unspecified atom stereocenters. The second-order valence-electron chi connectivity index (χ2n) is 7.14. The first-order valence-corrected chi connectivity index (χ1v) is 10.0. The normalized spacial score (nSPS) is 10.4. The molecule has 1 amide bonds. The molecule has 2 aromatic heterocycles. The third-order valence-corrected chi connectivity index (χ3v) is 4.67. The van der Waals surface area contributed by atoms with Crippen molar-refractivity contribution in [3.8, 4) is 5.75 Å². The molecule has 0 atom stereocenters. The van der Waals surface area contributed by atoms with Gasteiger partial charge in [0.1, 0.15) is 23.8 Å². The highest BCUT2D eigenvalue weighted by atomic mass is 19.1. The van der Waals surface area contributed by atoms with Crippen LogP contribution in [0.25, 0.3) is 0 Å². The fourth-order valence-corrected chi connectivity index (χ4v) is 3.03. The number of rotatable bonds is 7. The number of benzene rings is 2. The van der Waals surface area contributed by atoms with Crippen LogP contribution in [0.3, 0.4) is 0 Å². The summed E-state index contributed by atoms with van der Waals surface area (Å²) in [4.78, 5) is 25.1. The van der Waals surface area contributed by atoms with E-state index in [1.54, 1.807) is 36.5 Å². The standard InChI is InChI=1S/C24H21FN6O2/c1-15-9-10-26-21(11-15)31-23-13-22(27-14-28-23)29-17-4-6-18(7-5-17)30-24(32)16-3-8-20(33-2)19(25)12-16/h3-14H,1-2H3,(H,30,32)(H2,26,27,28,29,31). The number of aromatic nitrogens is 3. The third kappa shape index (κ3) is 5.59. The Morgan fingerprint density at radius 2 is 1.55 bits per heavy atom. The lowest BCUT2D eigenvalue weighted by atomic mass is 10.2. The minimum atomic E-state index is -0.596. The Bertz CT molecular complexity index is 1280. The Morgan fingerprint density at radius 3 is 2.24 bits per heavy atom. The molecule has 0 fully saturated rings. The number of methoxy groups -OCH3 is 1. The van der Waals surface area contributed by atoms with Gasteiger partial charge in [0.25, 0.3) is 5.91 Å². The van der Waals surface area contributed by atoms with Gasteiger partial charge in [-0.1, -0.05) is 0 Å². The molecule has 0 aliphatic carbocycles. The number of ether oxygens (including phenoxy) is 1. The molecule has 8 nitrogen and oxygen atoms in total. The Balaban J connectivity index is 1.39. The van der Waals surface area contributed by atoms with Crippen LogP contribution in [0.1, 0.15) is 15.9 Å². The first kappa shape index (κ1) is 21.7. The average Bonchev–Trinajstić information content (AvgIpc) is 2.80. The monoisotopic (exact) mass is 444 g/mol. The van der Waals surface area contributed by atoms with Gasteiger partial charge in [-0.25, -0.2) is 19.3 Å². The van der Waals surface area contributed by atoms with Gasteiger partial charge in [-0.05, 0) is 67.1 Å². The number of nitrogens with zero attached hydrogens (tertiary/aromatic N) is 3. The van der Waals surface area contributed by atoms with Gasteiger partial charge >= 0.3 is 0 Å². The second kappa shape index (κ2) is 9.73. The topological polar surface area (TPSA) is 101 Å². The summed E-state index contributed by atoms with van der Waals surface area (Å²) in [5.74, 6) is 0.943. The van der Waals surface area contributed by atoms with E-state index in [4.69, 9.17) is 4.74 Å². The fourth-order valence-electron chi connectivity index (χ4n) is 3.03. The summed E-state index contributed by atoms with van der Waals surface area (Å²) in [7, 11) is 1.37. The summed E-state index contributed by atoms with van der Waals surface area (Å²) in [5.41, 5.74) is 2.61. The van der Waals surface area contributed by atoms with Crippen LogP contribution in [0.5, 0.6) is 5.75 Å². The Kier molecular flexibility index (Phi) is 6.40. The molecular weight excluding hydrogens is 423 g/mol. The first-order valence-electron chi connectivity index (χ1n) is 10.0. The molecule has 0 aliphatic heterocycles. The molecule has 2 heterocycles. The highest BCUT2D eigenvalue weighted by molar-refractivity contribution is 6.04. The molecule has 0 saturated carbocycles. The molecule has 33 heavy (non-hydrogen) atoms. The minimum Gasteiger partial charge on any atom is -0.494 e. The number of anilines is 5. The van der Waals surface area contributed by atoms with Crippen molar-refractivity contribution in [1.29, 1.82) is 0 Å². The molecule has 0 spiro atoms. The van der Waals surface area contributed by atoms with Gasteiger partial charge in [0, 0.05) is 29.2 Å². The Morgan fingerprint density at radius 1 is 0.848 bits per heavy atom. The fraction of sp³-hybridized carbons (Fsp3) is 0.0833. The molecular formula is C24H21FN6O2. The largest absolute Gasteiger partial charge is 0.494 e. The van der Waals surface area contributed by atoms with E-state index in [-0.39, 0.29) is 11.3 Å². The molecule has 0 radical (unpaired) electrons. The second-order valence-corrected chi connectivity index (χ2v) is 7.14. The zero-order valence-electron chi connectivity index (χ0n) is 18.0. The van der Waals surface area contributed by atoms with Gasteiger partial charge in [0.2, 0.25) is 0 Å². The van der Waals surface area contributed by atoms with Crippen LogP contribution < -0.4 is 20.7 Å². The zero-order valence-corrected chi connectivity index (χ0v) is 18.0. The van der Waals surface area contributed by atoms with Crippen LogP contribution in [0.4, 0.5) is 33.2 Å². The lowest BCUT2D eigenvalue weighted by Gasteiger charge is -2.10. The van der Waals surface area contributed by atoms with E-state index in [1.807, 2.05) is 19.1 Å². The highest BCUT2D eigenvalue weighted by Gasteiger charge is 2.10. The van der Waals surface area contributed by atoms with Gasteiger partial charge < -0.3 is 20.7 Å². The van der Waals surface area contributed by atoms with Crippen LogP contribution in [0, 0.1) is 12.7 Å². The maximum absolute atomic E-state index is 13.8. The summed E-state index contributed by atoms with van der Waals surface area (Å²) in [6, 6.07) is 16.7. The molecule has 166 valence electrons. The molecule has 4 aromatic rings. The summed E-state index contributed by atoms with van der Waals surface area (Å²) >= 11 is 0. The smallest absolute Gasteiger partial charge is 0.255 e. The SMILES string of the molecule is COc1ccc(C(=O)Nc2ccc(Nc3cc(Nc4cc(C)ccn4)ncn3)cc2)cc1F. The number of amides is 1. The van der Waals surface area contributed by atoms with Crippen molar-refractivity contribution in [3.63, 3.8) is 0 Å². The van der Waals surface area contributed by atoms with Crippen LogP contribution in [-0.2, 0) is 0 Å². The molecule has 0 aliphatic rings. The van der Waals surface area contributed by atoms with Gasteiger partial charge in [-0.15, -0.1) is 0 Å². The first-order chi connectivity index (χ1) is 16.0. The number of carbonyl (C=O) groups is 1. The van der Waals surface area contributed by atoms with Crippen molar-refractivity contribution in [1.82, 2.24) is 15.0 Å². The van der Waals surface area contributed by atoms with Crippen LogP contribution in [0.2, 0.25) is 0 Å². The van der Waals surface area contributed by atoms with Crippen molar-refractivity contribution in [3.05, 3.63) is 90.1 Å². The van der Waals surface area contributed by atoms with E-state index >= 15 is 0 Å². The van der Waals surface area contributed by atoms with E-state index in [2.05, 4.69) is 30.9 Å². The minimum absolute atomic E-state index is 0.0835. The lowest BCUT2D eigenvalue weighted by Crippen LogP contribution is -2.12. The van der Waals surface area contributed by atoms with E-state index in [9.17, 15) is 9.18 Å². The number of pyridine rings is 1. The van der Waals surface area contributed by atoms with Gasteiger partial charge in [-0.3, -0.25) is 4.79 Å². The third-order valence-electron chi connectivity index (χ3n) is 4.67. The molecule has 0 saturated heterocycles. The van der Waals surface area contributed by atoms with E-state index in [0.29, 0.717) is 23.1 Å². The summed E-state index contributed by atoms with van der Waals surface area (Å²) in [5, 5.41) is 9.07. The molecule has 9 heteroatoms. The van der Waals surface area contributed by atoms with Crippen LogP contribution in [-0.4, -0.2) is 28.0 Å². The van der Waals surface area contributed by atoms with Crippen LogP contribution >= 0.6 is 0 Å². The van der Waals surface area contributed by atoms with Crippen LogP contribution in [0.15, 0.2) is 73.2 Å². The van der Waals surface area contributed by atoms with E-state index in [1.165, 1.54) is 25.6 Å². The number of aryl methyl sites for hydroxylation is 1. The van der Waals surface area contributed by atoms with Crippen molar-refractivity contribution in [2.45, 2.75) is 6.92 Å². The van der Waals surface area contributed by atoms with E-state index < -0.39 is 11.7 Å². The highest BCUT2D eigenvalue weighted by Crippen LogP contribution is 2.22. The Hall–Kier alpha value is -4.53. The van der Waals surface area contributed by atoms with Crippen molar-refractivity contribution >= 4 is 34.7 Å². The number of carbonyl (C=O) groups excluding carboxylic acids is 1. The Labute approximate surface area is 189 Å². The van der Waals surface area contributed by atoms with E-state index in [0.717, 1.165) is 17.3 Å². The average molecular weight is 444 g/mol. The summed E-state index contributed by atoms with van der Waals surface area (Å²) < 4.78 is 18.7. The van der Waals surface area contributed by atoms with Gasteiger partial charge in [-0.2, -0.15) is 0 Å². The quantitative estimate of drug-likeness (QED) is 0.366. The van der Waals surface area contributed by atoms with Crippen molar-refractivity contribution in [2.75, 3.05) is 23.1 Å². The molecule has 2 aromatic carbocycles. The predicted molar refractivity (Wildman–Crippen MR) is 125 cm³/mol. The number of nitrogens with one attached hydrogen (secondary N) is 3. The zero-order chi connectivity index (χ0) is 23.2. The van der Waals surface area contributed by atoms with Crippen molar-refractivity contribution in [2.24, 2.45) is 0 Å². The van der Waals surface area contributed by atoms with Gasteiger partial charge in [0.05, 0.1) is 7.11 Å². The maximum Gasteiger partial charge on any atom is 0.255 e. The summed E-state index contributed by atoms with van der Waals surface area (Å²) in [6.07, 6.45) is 3.17. The molecule has 4 rings (SSSR count). The molecule has 0 bridgehead atoms. The predicted octanol–water partition coefficient (Wildman–Crippen LogP) is 5.07. The number of hydrogen-bond donors (Lipinski definition) is 3. The van der Waals surface area contributed by atoms with Gasteiger partial charge in [0.15, 0.2) is 11.6 Å². The lowest BCUT2D eigenvalue weighted by molar-refractivity contribution is 0.102. The number of halogens is 1. The number of hydrogen-bond acceptors (Lipinski definition) is 7. The molecule has 3 N–H and O–H groups in total. The van der Waals surface area contributed by atoms with Crippen molar-refractivity contribution < 1.29 is 13.9 Å².